The van der Waals surface area contributed by atoms with E-state index in [2.05, 4.69) is 16.1 Å². The van der Waals surface area contributed by atoms with E-state index in [9.17, 15) is 0 Å². The van der Waals surface area contributed by atoms with Gasteiger partial charge in [-0.3, -0.25) is 0 Å². The first kappa shape index (κ1) is 12.6. The lowest BCUT2D eigenvalue weighted by atomic mass is 10.1. The highest BCUT2D eigenvalue weighted by Crippen LogP contribution is 2.35. The van der Waals surface area contributed by atoms with Crippen LogP contribution >= 0.6 is 0 Å². The van der Waals surface area contributed by atoms with E-state index in [0.29, 0.717) is 0 Å². The smallest absolute Gasteiger partial charge is 0.224 e. The molecule has 6 nitrogen and oxygen atoms in total. The van der Waals surface area contributed by atoms with Crippen LogP contribution < -0.4 is 9.64 Å². The molecule has 3 heterocycles. The van der Waals surface area contributed by atoms with Gasteiger partial charge in [0.25, 0.3) is 0 Å². The van der Waals surface area contributed by atoms with Gasteiger partial charge in [-0.25, -0.2) is 4.68 Å². The van der Waals surface area contributed by atoms with Crippen LogP contribution in [0.1, 0.15) is 5.56 Å². The van der Waals surface area contributed by atoms with Crippen molar-refractivity contribution < 1.29 is 9.47 Å². The van der Waals surface area contributed by atoms with Gasteiger partial charge in [-0.05, 0) is 11.6 Å². The summed E-state index contributed by atoms with van der Waals surface area (Å²) in [6.45, 7) is 3.94. The van der Waals surface area contributed by atoms with E-state index < -0.39 is 0 Å². The highest BCUT2D eigenvalue weighted by atomic mass is 16.5. The van der Waals surface area contributed by atoms with Crippen LogP contribution in [0.4, 0.5) is 5.95 Å². The Morgan fingerprint density at radius 1 is 1.14 bits per heavy atom. The summed E-state index contributed by atoms with van der Waals surface area (Å²) in [6, 6.07) is 6.19. The quantitative estimate of drug-likeness (QED) is 0.832. The standard InChI is InChI=1S/C15H18N4O2/c1-18-15(19-6-9-20-10-7-19)16-14(17-18)12-4-2-3-11-5-8-21-13(11)12/h2-4H,5-10H2,1H3. The third-order valence-corrected chi connectivity index (χ3v) is 3.99. The van der Waals surface area contributed by atoms with Gasteiger partial charge >= 0.3 is 0 Å². The van der Waals surface area contributed by atoms with Gasteiger partial charge in [0.1, 0.15) is 5.75 Å². The average Bonchev–Trinajstić information content (AvgIpc) is 3.14. The number of rotatable bonds is 2. The first-order valence-electron chi connectivity index (χ1n) is 7.32. The second-order valence-electron chi connectivity index (χ2n) is 5.35. The Morgan fingerprint density at radius 3 is 2.86 bits per heavy atom. The highest BCUT2D eigenvalue weighted by Gasteiger charge is 2.22. The number of ether oxygens (including phenoxy) is 2. The van der Waals surface area contributed by atoms with Crippen molar-refractivity contribution in [1.29, 1.82) is 0 Å². The minimum Gasteiger partial charge on any atom is -0.492 e. The second-order valence-corrected chi connectivity index (χ2v) is 5.35. The van der Waals surface area contributed by atoms with E-state index in [1.165, 1.54) is 5.56 Å². The number of hydrogen-bond donors (Lipinski definition) is 0. The topological polar surface area (TPSA) is 52.4 Å². The van der Waals surface area contributed by atoms with Crippen LogP contribution in [0, 0.1) is 0 Å². The molecule has 0 bridgehead atoms. The molecule has 1 aromatic carbocycles. The second kappa shape index (κ2) is 5.04. The number of nitrogens with zero attached hydrogens (tertiary/aromatic N) is 4. The normalized spacial score (nSPS) is 17.7. The first-order valence-corrected chi connectivity index (χ1v) is 7.32. The lowest BCUT2D eigenvalue weighted by Gasteiger charge is -2.26. The SMILES string of the molecule is Cn1nc(-c2cccc3c2OCC3)nc1N1CCOCC1. The molecule has 0 unspecified atom stereocenters. The molecule has 1 fully saturated rings. The summed E-state index contributed by atoms with van der Waals surface area (Å²) in [5.41, 5.74) is 2.23. The summed E-state index contributed by atoms with van der Waals surface area (Å²) in [4.78, 5) is 6.94. The maximum atomic E-state index is 5.76. The minimum atomic E-state index is 0.734. The van der Waals surface area contributed by atoms with Gasteiger partial charge in [0.2, 0.25) is 5.95 Å². The predicted molar refractivity (Wildman–Crippen MR) is 78.7 cm³/mol. The molecule has 0 amide bonds. The Bertz CT molecular complexity index is 662. The van der Waals surface area contributed by atoms with Crippen molar-refractivity contribution in [2.45, 2.75) is 6.42 Å². The van der Waals surface area contributed by atoms with Crippen molar-refractivity contribution in [3.8, 4) is 17.1 Å². The van der Waals surface area contributed by atoms with E-state index in [1.807, 2.05) is 23.9 Å². The maximum absolute atomic E-state index is 5.76. The van der Waals surface area contributed by atoms with Crippen molar-refractivity contribution in [1.82, 2.24) is 14.8 Å². The number of benzene rings is 1. The third-order valence-electron chi connectivity index (χ3n) is 3.99. The van der Waals surface area contributed by atoms with Crippen LogP contribution in [-0.4, -0.2) is 47.7 Å². The van der Waals surface area contributed by atoms with E-state index in [1.54, 1.807) is 0 Å². The molecule has 1 saturated heterocycles. The van der Waals surface area contributed by atoms with Crippen molar-refractivity contribution in [2.24, 2.45) is 7.05 Å². The van der Waals surface area contributed by atoms with Crippen molar-refractivity contribution >= 4 is 5.95 Å². The van der Waals surface area contributed by atoms with E-state index in [-0.39, 0.29) is 0 Å². The Labute approximate surface area is 123 Å². The van der Waals surface area contributed by atoms with Crippen LogP contribution in [-0.2, 0) is 18.2 Å². The van der Waals surface area contributed by atoms with Crippen LogP contribution in [0.15, 0.2) is 18.2 Å². The van der Waals surface area contributed by atoms with Gasteiger partial charge in [-0.1, -0.05) is 12.1 Å². The fraction of sp³-hybridized carbons (Fsp3) is 0.467. The zero-order chi connectivity index (χ0) is 14.2. The molecule has 21 heavy (non-hydrogen) atoms. The number of para-hydroxylation sites is 1. The van der Waals surface area contributed by atoms with E-state index in [0.717, 1.165) is 62.4 Å². The molecule has 2 aliphatic heterocycles. The van der Waals surface area contributed by atoms with Crippen LogP contribution in [0.25, 0.3) is 11.4 Å². The molecule has 0 atom stereocenters. The number of anilines is 1. The molecule has 2 aliphatic rings. The lowest BCUT2D eigenvalue weighted by molar-refractivity contribution is 0.121. The molecule has 110 valence electrons. The summed E-state index contributed by atoms with van der Waals surface area (Å²) in [7, 11) is 1.94. The van der Waals surface area contributed by atoms with Gasteiger partial charge in [0, 0.05) is 26.6 Å². The number of morpholine rings is 1. The summed E-state index contributed by atoms with van der Waals surface area (Å²) in [5.74, 6) is 2.57. The summed E-state index contributed by atoms with van der Waals surface area (Å²) in [6.07, 6.45) is 0.965. The molecule has 0 saturated carbocycles. The summed E-state index contributed by atoms with van der Waals surface area (Å²) in [5, 5.41) is 4.58. The predicted octanol–water partition coefficient (Wildman–Crippen LogP) is 1.25. The zero-order valence-electron chi connectivity index (χ0n) is 12.1. The Kier molecular flexibility index (Phi) is 3.03. The number of aryl methyl sites for hydroxylation is 1. The molecule has 0 aliphatic carbocycles. The van der Waals surface area contributed by atoms with Gasteiger partial charge in [0.15, 0.2) is 5.82 Å². The van der Waals surface area contributed by atoms with Gasteiger partial charge in [-0.2, -0.15) is 4.98 Å². The summed E-state index contributed by atoms with van der Waals surface area (Å²) >= 11 is 0. The van der Waals surface area contributed by atoms with Crippen LogP contribution in [0.2, 0.25) is 0 Å². The Hall–Kier alpha value is -2.08. The first-order chi connectivity index (χ1) is 10.3. The highest BCUT2D eigenvalue weighted by molar-refractivity contribution is 5.68. The monoisotopic (exact) mass is 286 g/mol. The molecule has 0 radical (unpaired) electrons. The average molecular weight is 286 g/mol. The number of aromatic nitrogens is 3. The van der Waals surface area contributed by atoms with Gasteiger partial charge in [-0.15, -0.1) is 5.10 Å². The molecule has 4 rings (SSSR count). The van der Waals surface area contributed by atoms with Crippen molar-refractivity contribution in [3.63, 3.8) is 0 Å². The minimum absolute atomic E-state index is 0.734. The van der Waals surface area contributed by atoms with Gasteiger partial charge in [0.05, 0.1) is 25.4 Å². The number of hydrogen-bond acceptors (Lipinski definition) is 5. The fourth-order valence-corrected chi connectivity index (χ4v) is 2.92. The Balaban J connectivity index is 1.72. The van der Waals surface area contributed by atoms with Crippen LogP contribution in [0.3, 0.4) is 0 Å². The lowest BCUT2D eigenvalue weighted by Crippen LogP contribution is -2.37. The zero-order valence-corrected chi connectivity index (χ0v) is 12.1. The molecule has 0 spiro atoms. The molecular formula is C15H18N4O2. The Morgan fingerprint density at radius 2 is 2.00 bits per heavy atom. The molecule has 0 N–H and O–H groups in total. The fourth-order valence-electron chi connectivity index (χ4n) is 2.92. The van der Waals surface area contributed by atoms with Crippen LogP contribution in [0.5, 0.6) is 5.75 Å². The molecule has 6 heteroatoms. The molecular weight excluding hydrogens is 268 g/mol. The van der Waals surface area contributed by atoms with E-state index in [4.69, 9.17) is 14.5 Å². The largest absolute Gasteiger partial charge is 0.492 e. The summed E-state index contributed by atoms with van der Waals surface area (Å²) < 4.78 is 13.0. The van der Waals surface area contributed by atoms with Crippen molar-refractivity contribution in [3.05, 3.63) is 23.8 Å². The van der Waals surface area contributed by atoms with Gasteiger partial charge < -0.3 is 14.4 Å². The molecule has 2 aromatic rings. The van der Waals surface area contributed by atoms with E-state index >= 15 is 0 Å². The van der Waals surface area contributed by atoms with Crippen molar-refractivity contribution in [2.75, 3.05) is 37.8 Å². The maximum Gasteiger partial charge on any atom is 0.224 e. The molecule has 1 aromatic heterocycles. The number of fused-ring (bicyclic) bond motifs is 1. The third kappa shape index (κ3) is 2.15.